The number of hydrogen-bond donors (Lipinski definition) is 0. The molecular formula is C21H26N2. The number of rotatable bonds is 4. The summed E-state index contributed by atoms with van der Waals surface area (Å²) in [5.74, 6) is 1.67. The Morgan fingerprint density at radius 1 is 0.826 bits per heavy atom. The maximum atomic E-state index is 2.74. The van der Waals surface area contributed by atoms with Crippen LogP contribution in [0.25, 0.3) is 0 Å². The van der Waals surface area contributed by atoms with Gasteiger partial charge < -0.3 is 4.90 Å². The summed E-state index contributed by atoms with van der Waals surface area (Å²) in [4.78, 5) is 5.26. The van der Waals surface area contributed by atoms with Crippen LogP contribution in [-0.4, -0.2) is 42.5 Å². The first-order valence-corrected chi connectivity index (χ1v) is 8.80. The molecule has 4 rings (SSSR count). The van der Waals surface area contributed by atoms with Crippen molar-refractivity contribution in [3.63, 3.8) is 0 Å². The van der Waals surface area contributed by atoms with Crippen LogP contribution < -0.4 is 0 Å². The molecule has 0 bridgehead atoms. The van der Waals surface area contributed by atoms with Gasteiger partial charge in [-0.15, -0.1) is 0 Å². The van der Waals surface area contributed by atoms with E-state index in [1.807, 2.05) is 0 Å². The molecule has 3 unspecified atom stereocenters. The van der Waals surface area contributed by atoms with Crippen molar-refractivity contribution in [3.05, 3.63) is 71.8 Å². The smallest absolute Gasteiger partial charge is 0.0237 e. The van der Waals surface area contributed by atoms with Gasteiger partial charge in [0.15, 0.2) is 0 Å². The molecule has 2 fully saturated rings. The maximum Gasteiger partial charge on any atom is 0.0237 e. The lowest BCUT2D eigenvalue weighted by Crippen LogP contribution is -2.37. The van der Waals surface area contributed by atoms with Gasteiger partial charge >= 0.3 is 0 Å². The summed E-state index contributed by atoms with van der Waals surface area (Å²) in [5, 5.41) is 0. The number of nitrogens with zero attached hydrogens (tertiary/aromatic N) is 2. The molecule has 0 N–H and O–H groups in total. The van der Waals surface area contributed by atoms with Crippen LogP contribution in [0.3, 0.4) is 0 Å². The van der Waals surface area contributed by atoms with Gasteiger partial charge in [-0.05, 0) is 36.4 Å². The molecule has 0 radical (unpaired) electrons. The third kappa shape index (κ3) is 3.19. The second-order valence-electron chi connectivity index (χ2n) is 7.32. The molecule has 0 aliphatic carbocycles. The van der Waals surface area contributed by atoms with Crippen molar-refractivity contribution >= 4 is 0 Å². The highest BCUT2D eigenvalue weighted by atomic mass is 15.2. The van der Waals surface area contributed by atoms with E-state index in [1.54, 1.807) is 0 Å². The predicted octanol–water partition coefficient (Wildman–Crippen LogP) is 3.29. The lowest BCUT2D eigenvalue weighted by molar-refractivity contribution is 0.196. The third-order valence-electron chi connectivity index (χ3n) is 5.62. The van der Waals surface area contributed by atoms with Crippen molar-refractivity contribution in [2.45, 2.75) is 19.0 Å². The van der Waals surface area contributed by atoms with Crippen molar-refractivity contribution in [1.29, 1.82) is 0 Å². The Balaban J connectivity index is 1.54. The van der Waals surface area contributed by atoms with E-state index in [2.05, 4.69) is 77.5 Å². The van der Waals surface area contributed by atoms with Gasteiger partial charge in [-0.1, -0.05) is 60.7 Å². The number of likely N-dealkylation sites (tertiary alicyclic amines) is 2. The summed E-state index contributed by atoms with van der Waals surface area (Å²) in [5.41, 5.74) is 2.92. The average molecular weight is 306 g/mol. The molecule has 2 heteroatoms. The minimum atomic E-state index is 0.674. The maximum absolute atomic E-state index is 2.74. The Labute approximate surface area is 139 Å². The molecule has 2 aromatic rings. The summed E-state index contributed by atoms with van der Waals surface area (Å²) < 4.78 is 0. The molecule has 2 saturated heterocycles. The molecule has 2 nitrogen and oxygen atoms in total. The molecule has 0 saturated carbocycles. The molecule has 2 aliphatic heterocycles. The lowest BCUT2D eigenvalue weighted by atomic mass is 9.90. The number of benzene rings is 2. The van der Waals surface area contributed by atoms with Gasteiger partial charge in [0.1, 0.15) is 0 Å². The summed E-state index contributed by atoms with van der Waals surface area (Å²) >= 11 is 0. The van der Waals surface area contributed by atoms with Crippen LogP contribution in [-0.2, 0) is 13.0 Å². The zero-order valence-corrected chi connectivity index (χ0v) is 13.9. The van der Waals surface area contributed by atoms with E-state index < -0.39 is 0 Å². The van der Waals surface area contributed by atoms with Crippen molar-refractivity contribution in [3.8, 4) is 0 Å². The topological polar surface area (TPSA) is 6.48 Å². The van der Waals surface area contributed by atoms with E-state index in [-0.39, 0.29) is 0 Å². The fourth-order valence-electron chi connectivity index (χ4n) is 4.59. The summed E-state index contributed by atoms with van der Waals surface area (Å²) in [7, 11) is 2.28. The number of fused-ring (bicyclic) bond motifs is 1. The average Bonchev–Trinajstić information content (AvgIpc) is 3.07. The van der Waals surface area contributed by atoms with Crippen LogP contribution in [0.2, 0.25) is 0 Å². The standard InChI is InChI=1S/C21H26N2/c1-22-14-19-15-23(13-18-10-6-3-7-11-18)21(20(19)16-22)12-17-8-4-2-5-9-17/h2-11,19-21H,12-16H2,1H3. The molecular weight excluding hydrogens is 280 g/mol. The van der Waals surface area contributed by atoms with Crippen LogP contribution in [0.4, 0.5) is 0 Å². The van der Waals surface area contributed by atoms with Gasteiger partial charge in [0.2, 0.25) is 0 Å². The first-order valence-electron chi connectivity index (χ1n) is 8.80. The minimum absolute atomic E-state index is 0.674. The third-order valence-corrected chi connectivity index (χ3v) is 5.62. The van der Waals surface area contributed by atoms with Gasteiger partial charge in [-0.3, -0.25) is 4.90 Å². The van der Waals surface area contributed by atoms with Crippen LogP contribution in [0, 0.1) is 11.8 Å². The highest BCUT2D eigenvalue weighted by Gasteiger charge is 2.45. The van der Waals surface area contributed by atoms with Crippen molar-refractivity contribution in [2.24, 2.45) is 11.8 Å². The summed E-state index contributed by atoms with van der Waals surface area (Å²) in [6.45, 7) is 4.87. The quantitative estimate of drug-likeness (QED) is 0.855. The van der Waals surface area contributed by atoms with Crippen LogP contribution in [0.1, 0.15) is 11.1 Å². The number of hydrogen-bond acceptors (Lipinski definition) is 2. The van der Waals surface area contributed by atoms with E-state index in [9.17, 15) is 0 Å². The second-order valence-corrected chi connectivity index (χ2v) is 7.32. The SMILES string of the molecule is CN1CC2CN(Cc3ccccc3)C(Cc3ccccc3)C2C1. The molecule has 2 aliphatic rings. The van der Waals surface area contributed by atoms with Gasteiger partial charge in [-0.2, -0.15) is 0 Å². The van der Waals surface area contributed by atoms with E-state index in [0.717, 1.165) is 18.4 Å². The fraction of sp³-hybridized carbons (Fsp3) is 0.429. The summed E-state index contributed by atoms with van der Waals surface area (Å²) in [6, 6.07) is 22.7. The second kappa shape index (κ2) is 6.46. The molecule has 0 aromatic heterocycles. The molecule has 2 aromatic carbocycles. The molecule has 3 atom stereocenters. The Morgan fingerprint density at radius 3 is 2.17 bits per heavy atom. The van der Waals surface area contributed by atoms with Crippen LogP contribution >= 0.6 is 0 Å². The molecule has 120 valence electrons. The van der Waals surface area contributed by atoms with Crippen molar-refractivity contribution in [1.82, 2.24) is 9.80 Å². The Bertz CT molecular complexity index is 625. The van der Waals surface area contributed by atoms with Crippen molar-refractivity contribution in [2.75, 3.05) is 26.7 Å². The predicted molar refractivity (Wildman–Crippen MR) is 95.3 cm³/mol. The summed E-state index contributed by atoms with van der Waals surface area (Å²) in [6.07, 6.45) is 1.18. The highest BCUT2D eigenvalue weighted by molar-refractivity contribution is 5.19. The molecule has 23 heavy (non-hydrogen) atoms. The molecule has 0 amide bonds. The zero-order chi connectivity index (χ0) is 15.6. The Hall–Kier alpha value is -1.64. The van der Waals surface area contributed by atoms with Gasteiger partial charge in [0.25, 0.3) is 0 Å². The molecule has 2 heterocycles. The van der Waals surface area contributed by atoms with Gasteiger partial charge in [-0.25, -0.2) is 0 Å². The molecule has 0 spiro atoms. The van der Waals surface area contributed by atoms with E-state index >= 15 is 0 Å². The lowest BCUT2D eigenvalue weighted by Gasteiger charge is -2.29. The van der Waals surface area contributed by atoms with Gasteiger partial charge in [0, 0.05) is 32.2 Å². The Kier molecular flexibility index (Phi) is 4.19. The highest BCUT2D eigenvalue weighted by Crippen LogP contribution is 2.37. The normalized spacial score (nSPS) is 28.1. The van der Waals surface area contributed by atoms with Crippen LogP contribution in [0.15, 0.2) is 60.7 Å². The van der Waals surface area contributed by atoms with E-state index in [0.29, 0.717) is 6.04 Å². The first kappa shape index (κ1) is 14.9. The van der Waals surface area contributed by atoms with Crippen LogP contribution in [0.5, 0.6) is 0 Å². The van der Waals surface area contributed by atoms with Gasteiger partial charge in [0.05, 0.1) is 0 Å². The first-order chi connectivity index (χ1) is 11.3. The van der Waals surface area contributed by atoms with Crippen molar-refractivity contribution < 1.29 is 0 Å². The van der Waals surface area contributed by atoms with E-state index in [4.69, 9.17) is 0 Å². The monoisotopic (exact) mass is 306 g/mol. The largest absolute Gasteiger partial charge is 0.306 e. The minimum Gasteiger partial charge on any atom is -0.306 e. The fourth-order valence-corrected chi connectivity index (χ4v) is 4.59. The Morgan fingerprint density at radius 2 is 1.48 bits per heavy atom. The zero-order valence-electron chi connectivity index (χ0n) is 13.9. The van der Waals surface area contributed by atoms with E-state index in [1.165, 1.54) is 37.2 Å².